The number of aromatic nitrogens is 1. The largest absolute Gasteiger partial charge is 0.496 e. The van der Waals surface area contributed by atoms with Gasteiger partial charge >= 0.3 is 11.9 Å². The van der Waals surface area contributed by atoms with Crippen LogP contribution in [-0.4, -0.2) is 73.1 Å². The minimum atomic E-state index is -4.42. The van der Waals surface area contributed by atoms with Crippen molar-refractivity contribution >= 4 is 11.1 Å². The van der Waals surface area contributed by atoms with Crippen LogP contribution in [0.4, 0.5) is 17.6 Å². The van der Waals surface area contributed by atoms with Crippen molar-refractivity contribution in [3.63, 3.8) is 0 Å². The number of hydrogen-bond acceptors (Lipinski definition) is 6. The maximum Gasteiger partial charge on any atom is 0.417 e. The summed E-state index contributed by atoms with van der Waals surface area (Å²) < 4.78 is 71.0. The Labute approximate surface area is 217 Å². The fraction of sp³-hybridized carbons (Fsp3) is 0.519. The molecule has 3 atom stereocenters. The van der Waals surface area contributed by atoms with E-state index in [2.05, 4.69) is 9.88 Å². The van der Waals surface area contributed by atoms with Gasteiger partial charge in [0.1, 0.15) is 17.6 Å². The Morgan fingerprint density at radius 2 is 1.97 bits per heavy atom. The van der Waals surface area contributed by atoms with Gasteiger partial charge in [0.25, 0.3) is 0 Å². The summed E-state index contributed by atoms with van der Waals surface area (Å²) in [4.78, 5) is 18.1. The third-order valence-electron chi connectivity index (χ3n) is 7.42. The number of nitrogens with one attached hydrogen (secondary N) is 1. The van der Waals surface area contributed by atoms with E-state index in [0.717, 1.165) is 13.0 Å². The summed E-state index contributed by atoms with van der Waals surface area (Å²) >= 11 is 0. The molecule has 2 aliphatic rings. The zero-order chi connectivity index (χ0) is 27.0. The molecule has 38 heavy (non-hydrogen) atoms. The van der Waals surface area contributed by atoms with Gasteiger partial charge in [-0.05, 0) is 49.9 Å². The van der Waals surface area contributed by atoms with Crippen LogP contribution in [0.3, 0.4) is 0 Å². The van der Waals surface area contributed by atoms with E-state index in [9.17, 15) is 22.4 Å². The number of alkyl halides is 4. The summed E-state index contributed by atoms with van der Waals surface area (Å²) in [6, 6.07) is 7.34. The van der Waals surface area contributed by atoms with E-state index in [4.69, 9.17) is 13.9 Å². The molecule has 2 aromatic carbocycles. The molecule has 0 spiro atoms. The fourth-order valence-electron chi connectivity index (χ4n) is 5.76. The molecule has 0 saturated carbocycles. The Morgan fingerprint density at radius 3 is 2.71 bits per heavy atom. The first-order valence-electron chi connectivity index (χ1n) is 12.8. The quantitative estimate of drug-likeness (QED) is 0.415. The number of rotatable bonds is 8. The summed E-state index contributed by atoms with van der Waals surface area (Å²) in [6.07, 6.45) is -2.89. The zero-order valence-electron chi connectivity index (χ0n) is 21.3. The van der Waals surface area contributed by atoms with E-state index < -0.39 is 30.6 Å². The normalized spacial score (nSPS) is 22.6. The summed E-state index contributed by atoms with van der Waals surface area (Å²) in [7, 11) is 1.48. The molecular formula is C27H31F4N3O4. The third-order valence-corrected chi connectivity index (χ3v) is 7.42. The number of aromatic amines is 1. The van der Waals surface area contributed by atoms with Gasteiger partial charge in [-0.2, -0.15) is 13.2 Å². The van der Waals surface area contributed by atoms with Crippen LogP contribution >= 0.6 is 0 Å². The highest BCUT2D eigenvalue weighted by Crippen LogP contribution is 2.45. The number of ether oxygens (including phenoxy) is 2. The zero-order valence-corrected chi connectivity index (χ0v) is 21.3. The molecule has 5 rings (SSSR count). The molecule has 1 saturated heterocycles. The standard InChI is InChI=1S/C27H31F4N3O4/c1-16-12-21-19(6-7-22-25(21)38-26(35)32-22)24(34(16)15-27(29,30)31)20-5-4-17(13-23(20)36-2)37-18-8-11-33(14-18)10-3-9-28/h4-7,13,16,18,24H,3,8-12,14-15H2,1-2H3,(H,32,35)/t16-,18+,24+/m1/s1. The van der Waals surface area contributed by atoms with Gasteiger partial charge in [-0.15, -0.1) is 0 Å². The van der Waals surface area contributed by atoms with E-state index in [0.29, 0.717) is 65.2 Å². The minimum Gasteiger partial charge on any atom is -0.496 e. The lowest BCUT2D eigenvalue weighted by molar-refractivity contribution is -0.155. The molecule has 2 aliphatic heterocycles. The Balaban J connectivity index is 1.51. The number of H-pyrrole nitrogens is 1. The van der Waals surface area contributed by atoms with Crippen LogP contribution in [-0.2, 0) is 6.42 Å². The van der Waals surface area contributed by atoms with Crippen molar-refractivity contribution < 1.29 is 31.5 Å². The lowest BCUT2D eigenvalue weighted by atomic mass is 9.84. The number of benzene rings is 2. The highest BCUT2D eigenvalue weighted by atomic mass is 19.4. The van der Waals surface area contributed by atoms with Crippen LogP contribution in [0.2, 0.25) is 0 Å². The molecule has 3 heterocycles. The smallest absolute Gasteiger partial charge is 0.417 e. The van der Waals surface area contributed by atoms with Crippen LogP contribution in [0, 0.1) is 0 Å². The van der Waals surface area contributed by atoms with E-state index in [-0.39, 0.29) is 12.8 Å². The molecule has 3 aromatic rings. The van der Waals surface area contributed by atoms with Gasteiger partial charge in [0.15, 0.2) is 5.58 Å². The van der Waals surface area contributed by atoms with Crippen LogP contribution in [0.15, 0.2) is 39.5 Å². The van der Waals surface area contributed by atoms with Crippen molar-refractivity contribution in [2.75, 3.05) is 40.0 Å². The first kappa shape index (κ1) is 26.6. The van der Waals surface area contributed by atoms with E-state index in [1.54, 1.807) is 37.3 Å². The lowest BCUT2D eigenvalue weighted by Gasteiger charge is -2.42. The molecule has 1 N–H and O–H groups in total. The first-order chi connectivity index (χ1) is 18.2. The maximum atomic E-state index is 13.7. The predicted octanol–water partition coefficient (Wildman–Crippen LogP) is 4.84. The average molecular weight is 538 g/mol. The minimum absolute atomic E-state index is 0.0629. The third kappa shape index (κ3) is 5.40. The number of nitrogens with zero attached hydrogens (tertiary/aromatic N) is 2. The molecule has 11 heteroatoms. The number of oxazole rings is 1. The van der Waals surface area contributed by atoms with Gasteiger partial charge in [0.05, 0.1) is 31.9 Å². The summed E-state index contributed by atoms with van der Waals surface area (Å²) in [5, 5.41) is 0. The van der Waals surface area contributed by atoms with Crippen LogP contribution in [0.25, 0.3) is 11.1 Å². The Hall–Kier alpha value is -3.05. The van der Waals surface area contributed by atoms with Crippen molar-refractivity contribution in [2.45, 2.75) is 50.6 Å². The van der Waals surface area contributed by atoms with Crippen molar-refractivity contribution in [3.8, 4) is 11.5 Å². The van der Waals surface area contributed by atoms with Gasteiger partial charge in [-0.3, -0.25) is 19.2 Å². The fourth-order valence-corrected chi connectivity index (χ4v) is 5.76. The number of fused-ring (bicyclic) bond motifs is 3. The summed E-state index contributed by atoms with van der Waals surface area (Å²) in [5.41, 5.74) is 2.78. The molecule has 0 amide bonds. The molecule has 0 unspecified atom stereocenters. The van der Waals surface area contributed by atoms with Crippen LogP contribution in [0.1, 0.15) is 42.5 Å². The Bertz CT molecular complexity index is 1340. The Kier molecular flexibility index (Phi) is 7.41. The second kappa shape index (κ2) is 10.6. The summed E-state index contributed by atoms with van der Waals surface area (Å²) in [5.74, 6) is 0.355. The van der Waals surface area contributed by atoms with Gasteiger partial charge < -0.3 is 13.9 Å². The molecule has 0 radical (unpaired) electrons. The second-order valence-electron chi connectivity index (χ2n) is 10.0. The Morgan fingerprint density at radius 1 is 1.18 bits per heavy atom. The molecule has 1 fully saturated rings. The van der Waals surface area contributed by atoms with Crippen LogP contribution in [0.5, 0.6) is 11.5 Å². The number of hydrogen-bond donors (Lipinski definition) is 1. The second-order valence-corrected chi connectivity index (χ2v) is 10.0. The van der Waals surface area contributed by atoms with E-state index in [1.807, 2.05) is 0 Å². The van der Waals surface area contributed by atoms with E-state index >= 15 is 0 Å². The number of likely N-dealkylation sites (tertiary alicyclic amines) is 1. The van der Waals surface area contributed by atoms with Gasteiger partial charge in [-0.1, -0.05) is 6.07 Å². The van der Waals surface area contributed by atoms with Crippen LogP contribution < -0.4 is 15.2 Å². The van der Waals surface area contributed by atoms with E-state index in [1.165, 1.54) is 12.0 Å². The van der Waals surface area contributed by atoms with Crippen molar-refractivity contribution in [1.82, 2.24) is 14.8 Å². The van der Waals surface area contributed by atoms with Crippen molar-refractivity contribution in [1.29, 1.82) is 0 Å². The topological polar surface area (TPSA) is 70.9 Å². The average Bonchev–Trinajstić information content (AvgIpc) is 3.48. The molecule has 0 bridgehead atoms. The van der Waals surface area contributed by atoms with Gasteiger partial charge in [0.2, 0.25) is 0 Å². The number of halogens is 4. The van der Waals surface area contributed by atoms with Gasteiger partial charge in [0, 0.05) is 42.9 Å². The van der Waals surface area contributed by atoms with Crippen molar-refractivity contribution in [2.24, 2.45) is 0 Å². The number of methoxy groups -OCH3 is 1. The predicted molar refractivity (Wildman–Crippen MR) is 134 cm³/mol. The summed E-state index contributed by atoms with van der Waals surface area (Å²) in [6.45, 7) is 2.48. The van der Waals surface area contributed by atoms with Crippen molar-refractivity contribution in [3.05, 3.63) is 57.6 Å². The highest BCUT2D eigenvalue weighted by Gasteiger charge is 2.42. The SMILES string of the molecule is COc1cc(O[C@H]2CCN(CCCF)C2)ccc1[C@@H]1c2ccc3[nH]c(=O)oc3c2C[C@@H](C)N1CC(F)(F)F. The highest BCUT2D eigenvalue weighted by molar-refractivity contribution is 5.78. The molecule has 0 aliphatic carbocycles. The molecule has 1 aromatic heterocycles. The monoisotopic (exact) mass is 537 g/mol. The maximum absolute atomic E-state index is 13.7. The molecule has 206 valence electrons. The first-order valence-corrected chi connectivity index (χ1v) is 12.8. The molecular weight excluding hydrogens is 506 g/mol. The lowest BCUT2D eigenvalue weighted by Crippen LogP contribution is -2.47. The molecule has 7 nitrogen and oxygen atoms in total. The van der Waals surface area contributed by atoms with Gasteiger partial charge in [-0.25, -0.2) is 4.79 Å².